The van der Waals surface area contributed by atoms with Gasteiger partial charge in [0.2, 0.25) is 5.91 Å². The van der Waals surface area contributed by atoms with E-state index in [2.05, 4.69) is 6.92 Å². The van der Waals surface area contributed by atoms with Crippen LogP contribution < -0.4 is 0 Å². The van der Waals surface area contributed by atoms with Crippen LogP contribution in [0.3, 0.4) is 0 Å². The topological polar surface area (TPSA) is 20.3 Å². The first-order valence-electron chi connectivity index (χ1n) is 5.68. The molecule has 0 aliphatic carbocycles. The van der Waals surface area contributed by atoms with Crippen molar-refractivity contribution in [3.05, 3.63) is 30.1 Å². The van der Waals surface area contributed by atoms with Crippen molar-refractivity contribution in [3.63, 3.8) is 0 Å². The van der Waals surface area contributed by atoms with Gasteiger partial charge in [-0.15, -0.1) is 11.8 Å². The molecule has 0 aliphatic rings. The zero-order chi connectivity index (χ0) is 12.8. The van der Waals surface area contributed by atoms with Gasteiger partial charge in [-0.05, 0) is 37.6 Å². The number of carbonyl (C=O) groups excluding carboxylic acids is 1. The molecule has 4 heteroatoms. The molecule has 0 bridgehead atoms. The Labute approximate surface area is 106 Å². The number of halogens is 1. The summed E-state index contributed by atoms with van der Waals surface area (Å²) in [5.41, 5.74) is 0. The van der Waals surface area contributed by atoms with E-state index in [9.17, 15) is 9.18 Å². The second kappa shape index (κ2) is 6.64. The summed E-state index contributed by atoms with van der Waals surface area (Å²) in [5, 5.41) is 0. The minimum Gasteiger partial charge on any atom is -0.342 e. The van der Waals surface area contributed by atoms with Gasteiger partial charge in [-0.3, -0.25) is 4.79 Å². The van der Waals surface area contributed by atoms with Crippen molar-refractivity contribution in [1.29, 1.82) is 0 Å². The summed E-state index contributed by atoms with van der Waals surface area (Å²) in [5.74, 6) is 0.248. The highest BCUT2D eigenvalue weighted by Gasteiger charge is 2.13. The van der Waals surface area contributed by atoms with E-state index in [1.807, 2.05) is 14.0 Å². The number of thioether (sulfide) groups is 1. The Kier molecular flexibility index (Phi) is 5.48. The second-order valence-corrected chi connectivity index (χ2v) is 5.05. The Morgan fingerprint density at radius 3 is 2.53 bits per heavy atom. The quantitative estimate of drug-likeness (QED) is 0.753. The standard InChI is InChI=1S/C13H18FNOS/c1-4-10(2)15(3)13(16)9-17-12-7-5-11(14)6-8-12/h5-8,10H,4,9H2,1-3H3. The number of benzene rings is 1. The van der Waals surface area contributed by atoms with Crippen LogP contribution in [0.4, 0.5) is 4.39 Å². The molecule has 1 rings (SSSR count). The number of amides is 1. The summed E-state index contributed by atoms with van der Waals surface area (Å²) in [6, 6.07) is 6.46. The summed E-state index contributed by atoms with van der Waals surface area (Å²) < 4.78 is 12.7. The number of nitrogens with zero attached hydrogens (tertiary/aromatic N) is 1. The maximum Gasteiger partial charge on any atom is 0.232 e. The maximum atomic E-state index is 12.7. The summed E-state index contributed by atoms with van der Waals surface area (Å²) in [6.07, 6.45) is 0.948. The third kappa shape index (κ3) is 4.38. The third-order valence-corrected chi connectivity index (χ3v) is 3.82. The van der Waals surface area contributed by atoms with Crippen molar-refractivity contribution in [2.75, 3.05) is 12.8 Å². The van der Waals surface area contributed by atoms with Gasteiger partial charge < -0.3 is 4.90 Å². The number of rotatable bonds is 5. The maximum absolute atomic E-state index is 12.7. The summed E-state index contributed by atoms with van der Waals surface area (Å²) in [4.78, 5) is 14.5. The van der Waals surface area contributed by atoms with Gasteiger partial charge in [-0.2, -0.15) is 0 Å². The van der Waals surface area contributed by atoms with Crippen molar-refractivity contribution in [1.82, 2.24) is 4.90 Å². The van der Waals surface area contributed by atoms with Crippen molar-refractivity contribution < 1.29 is 9.18 Å². The van der Waals surface area contributed by atoms with Gasteiger partial charge in [0.1, 0.15) is 5.82 Å². The molecule has 1 amide bonds. The Bertz CT molecular complexity index is 366. The molecule has 0 radical (unpaired) electrons. The Morgan fingerprint density at radius 2 is 2.00 bits per heavy atom. The Morgan fingerprint density at radius 1 is 1.41 bits per heavy atom. The molecular weight excluding hydrogens is 237 g/mol. The molecule has 94 valence electrons. The first kappa shape index (κ1) is 14.0. The lowest BCUT2D eigenvalue weighted by atomic mass is 10.2. The average molecular weight is 255 g/mol. The monoisotopic (exact) mass is 255 g/mol. The van der Waals surface area contributed by atoms with Crippen LogP contribution in [0, 0.1) is 5.82 Å². The molecule has 1 aromatic rings. The summed E-state index contributed by atoms with van der Waals surface area (Å²) in [7, 11) is 1.82. The smallest absolute Gasteiger partial charge is 0.232 e. The normalized spacial score (nSPS) is 12.2. The van der Waals surface area contributed by atoms with Gasteiger partial charge in [-0.1, -0.05) is 6.92 Å². The molecule has 0 spiro atoms. The van der Waals surface area contributed by atoms with Crippen LogP contribution in [-0.2, 0) is 4.79 Å². The van der Waals surface area contributed by atoms with E-state index in [4.69, 9.17) is 0 Å². The van der Waals surface area contributed by atoms with E-state index in [0.717, 1.165) is 11.3 Å². The van der Waals surface area contributed by atoms with Crippen molar-refractivity contribution in [3.8, 4) is 0 Å². The fourth-order valence-electron chi connectivity index (χ4n) is 1.30. The lowest BCUT2D eigenvalue weighted by Crippen LogP contribution is -2.35. The molecular formula is C13H18FNOS. The van der Waals surface area contributed by atoms with Gasteiger partial charge in [0, 0.05) is 18.0 Å². The molecule has 1 unspecified atom stereocenters. The molecule has 0 fully saturated rings. The SMILES string of the molecule is CCC(C)N(C)C(=O)CSc1ccc(F)cc1. The first-order chi connectivity index (χ1) is 8.04. The van der Waals surface area contributed by atoms with E-state index in [-0.39, 0.29) is 17.8 Å². The lowest BCUT2D eigenvalue weighted by molar-refractivity contribution is -0.128. The summed E-state index contributed by atoms with van der Waals surface area (Å²) in [6.45, 7) is 4.09. The van der Waals surface area contributed by atoms with Gasteiger partial charge in [0.05, 0.1) is 5.75 Å². The van der Waals surface area contributed by atoms with Crippen molar-refractivity contribution in [2.24, 2.45) is 0 Å². The van der Waals surface area contributed by atoms with Crippen molar-refractivity contribution >= 4 is 17.7 Å². The summed E-state index contributed by atoms with van der Waals surface area (Å²) >= 11 is 1.44. The molecule has 0 aromatic heterocycles. The predicted octanol–water partition coefficient (Wildman–Crippen LogP) is 3.17. The Balaban J connectivity index is 2.45. The zero-order valence-electron chi connectivity index (χ0n) is 10.4. The molecule has 1 atom stereocenters. The second-order valence-electron chi connectivity index (χ2n) is 4.00. The molecule has 0 N–H and O–H groups in total. The minimum absolute atomic E-state index is 0.105. The molecule has 0 aliphatic heterocycles. The first-order valence-corrected chi connectivity index (χ1v) is 6.67. The van der Waals surface area contributed by atoms with E-state index < -0.39 is 0 Å². The lowest BCUT2D eigenvalue weighted by Gasteiger charge is -2.23. The number of hydrogen-bond donors (Lipinski definition) is 0. The van der Waals surface area contributed by atoms with Crippen LogP contribution in [-0.4, -0.2) is 29.6 Å². The van der Waals surface area contributed by atoms with Crippen LogP contribution in [0.1, 0.15) is 20.3 Å². The molecule has 0 saturated heterocycles. The minimum atomic E-state index is -0.252. The Hall–Kier alpha value is -1.03. The van der Waals surface area contributed by atoms with E-state index in [1.165, 1.54) is 23.9 Å². The number of hydrogen-bond acceptors (Lipinski definition) is 2. The van der Waals surface area contributed by atoms with Crippen LogP contribution in [0.2, 0.25) is 0 Å². The van der Waals surface area contributed by atoms with Gasteiger partial charge >= 0.3 is 0 Å². The fourth-order valence-corrected chi connectivity index (χ4v) is 2.12. The van der Waals surface area contributed by atoms with Gasteiger partial charge in [-0.25, -0.2) is 4.39 Å². The number of carbonyl (C=O) groups is 1. The molecule has 0 heterocycles. The third-order valence-electron chi connectivity index (χ3n) is 2.82. The van der Waals surface area contributed by atoms with Crippen LogP contribution in [0.5, 0.6) is 0 Å². The molecule has 0 saturated carbocycles. The highest BCUT2D eigenvalue weighted by Crippen LogP contribution is 2.18. The molecule has 17 heavy (non-hydrogen) atoms. The molecule has 1 aromatic carbocycles. The highest BCUT2D eigenvalue weighted by molar-refractivity contribution is 8.00. The predicted molar refractivity (Wildman–Crippen MR) is 69.6 cm³/mol. The van der Waals surface area contributed by atoms with Crippen LogP contribution in [0.25, 0.3) is 0 Å². The van der Waals surface area contributed by atoms with E-state index in [1.54, 1.807) is 17.0 Å². The van der Waals surface area contributed by atoms with Crippen LogP contribution >= 0.6 is 11.8 Å². The largest absolute Gasteiger partial charge is 0.342 e. The van der Waals surface area contributed by atoms with E-state index >= 15 is 0 Å². The molecule has 2 nitrogen and oxygen atoms in total. The van der Waals surface area contributed by atoms with E-state index in [0.29, 0.717) is 5.75 Å². The highest BCUT2D eigenvalue weighted by atomic mass is 32.2. The van der Waals surface area contributed by atoms with Gasteiger partial charge in [0.25, 0.3) is 0 Å². The zero-order valence-corrected chi connectivity index (χ0v) is 11.3. The van der Waals surface area contributed by atoms with Crippen molar-refractivity contribution in [2.45, 2.75) is 31.2 Å². The van der Waals surface area contributed by atoms with Gasteiger partial charge in [0.15, 0.2) is 0 Å². The van der Waals surface area contributed by atoms with Crippen LogP contribution in [0.15, 0.2) is 29.2 Å². The fraction of sp³-hybridized carbons (Fsp3) is 0.462. The average Bonchev–Trinajstić information content (AvgIpc) is 2.35.